The zero-order valence-electron chi connectivity index (χ0n) is 17.1. The van der Waals surface area contributed by atoms with E-state index in [4.69, 9.17) is 0 Å². The molecule has 1 fully saturated rings. The van der Waals surface area contributed by atoms with E-state index in [0.717, 1.165) is 17.7 Å². The lowest BCUT2D eigenvalue weighted by Gasteiger charge is -2.33. The van der Waals surface area contributed by atoms with Crippen LogP contribution in [-0.2, 0) is 23.0 Å². The third-order valence-corrected chi connectivity index (χ3v) is 7.19. The molecular weight excluding hydrogens is 386 g/mol. The number of benzene rings is 2. The van der Waals surface area contributed by atoms with Crippen molar-refractivity contribution >= 4 is 21.6 Å². The van der Waals surface area contributed by atoms with Crippen molar-refractivity contribution in [3.63, 3.8) is 0 Å². The van der Waals surface area contributed by atoms with Gasteiger partial charge in [-0.1, -0.05) is 31.2 Å². The van der Waals surface area contributed by atoms with Crippen LogP contribution >= 0.6 is 0 Å². The highest BCUT2D eigenvalue weighted by Crippen LogP contribution is 2.15. The quantitative estimate of drug-likeness (QED) is 0.755. The zero-order chi connectivity index (χ0) is 20.9. The fraction of sp³-hybridized carbons (Fsp3) is 0.409. The van der Waals surface area contributed by atoms with E-state index < -0.39 is 10.0 Å². The van der Waals surface area contributed by atoms with E-state index in [1.165, 1.54) is 5.56 Å². The summed E-state index contributed by atoms with van der Waals surface area (Å²) in [6, 6.07) is 15.5. The Morgan fingerprint density at radius 1 is 0.966 bits per heavy atom. The first-order valence-electron chi connectivity index (χ1n) is 10.1. The number of anilines is 1. The minimum absolute atomic E-state index is 0.130. The number of rotatable bonds is 7. The van der Waals surface area contributed by atoms with Gasteiger partial charge in [0.2, 0.25) is 10.0 Å². The number of piperazine rings is 1. The molecule has 1 aliphatic rings. The van der Waals surface area contributed by atoms with Crippen LogP contribution in [0, 0.1) is 0 Å². The van der Waals surface area contributed by atoms with Gasteiger partial charge in [0.25, 0.3) is 5.91 Å². The number of sulfonamides is 1. The lowest BCUT2D eigenvalue weighted by Crippen LogP contribution is -2.48. The Labute approximate surface area is 173 Å². The number of nitrogens with zero attached hydrogens (tertiary/aromatic N) is 2. The molecule has 1 saturated heterocycles. The third-order valence-electron chi connectivity index (χ3n) is 5.30. The van der Waals surface area contributed by atoms with Gasteiger partial charge in [-0.25, -0.2) is 8.42 Å². The second kappa shape index (κ2) is 9.52. The van der Waals surface area contributed by atoms with Gasteiger partial charge in [-0.05, 0) is 48.7 Å². The Morgan fingerprint density at radius 3 is 2.28 bits per heavy atom. The second-order valence-electron chi connectivity index (χ2n) is 7.28. The van der Waals surface area contributed by atoms with Gasteiger partial charge < -0.3 is 5.32 Å². The maximum Gasteiger partial charge on any atom is 0.255 e. The van der Waals surface area contributed by atoms with Crippen molar-refractivity contribution in [3.05, 3.63) is 65.2 Å². The summed E-state index contributed by atoms with van der Waals surface area (Å²) in [4.78, 5) is 14.8. The maximum atomic E-state index is 12.6. The van der Waals surface area contributed by atoms with Crippen LogP contribution < -0.4 is 5.32 Å². The van der Waals surface area contributed by atoms with Crippen LogP contribution in [0.15, 0.2) is 48.5 Å². The molecule has 1 amide bonds. The topological polar surface area (TPSA) is 69.7 Å². The lowest BCUT2D eigenvalue weighted by atomic mass is 10.1. The number of hydrogen-bond donors (Lipinski definition) is 1. The number of hydrogen-bond acceptors (Lipinski definition) is 4. The molecule has 0 aromatic heterocycles. The molecule has 1 N–H and O–H groups in total. The van der Waals surface area contributed by atoms with E-state index in [-0.39, 0.29) is 11.7 Å². The van der Waals surface area contributed by atoms with Crippen LogP contribution in [0.25, 0.3) is 0 Å². The fourth-order valence-corrected chi connectivity index (χ4v) is 4.53. The van der Waals surface area contributed by atoms with E-state index in [1.54, 1.807) is 11.2 Å². The SMILES string of the molecule is CCc1ccc(NC(=O)c2cccc(CN3CCN(S(=O)(=O)CC)CC3)c2)cc1. The number of carbonyl (C=O) groups is 1. The van der Waals surface area contributed by atoms with Crippen LogP contribution in [0.5, 0.6) is 0 Å². The molecule has 7 heteroatoms. The third kappa shape index (κ3) is 5.65. The molecule has 0 aliphatic carbocycles. The Kier molecular flexibility index (Phi) is 7.05. The minimum atomic E-state index is -3.12. The zero-order valence-corrected chi connectivity index (χ0v) is 17.9. The fourth-order valence-electron chi connectivity index (χ4n) is 3.44. The van der Waals surface area contributed by atoms with Gasteiger partial charge in [-0.3, -0.25) is 9.69 Å². The Hall–Kier alpha value is -2.22. The van der Waals surface area contributed by atoms with E-state index in [9.17, 15) is 13.2 Å². The van der Waals surface area contributed by atoms with Crippen molar-refractivity contribution in [2.75, 3.05) is 37.2 Å². The molecule has 0 unspecified atom stereocenters. The predicted octanol–water partition coefficient (Wildman–Crippen LogP) is 2.97. The summed E-state index contributed by atoms with van der Waals surface area (Å²) in [5.74, 6) is 0.0145. The summed E-state index contributed by atoms with van der Waals surface area (Å²) >= 11 is 0. The van der Waals surface area contributed by atoms with Gasteiger partial charge >= 0.3 is 0 Å². The summed E-state index contributed by atoms with van der Waals surface area (Å²) in [5.41, 5.74) is 3.68. The molecule has 0 spiro atoms. The van der Waals surface area contributed by atoms with E-state index in [0.29, 0.717) is 38.3 Å². The van der Waals surface area contributed by atoms with Crippen molar-refractivity contribution in [3.8, 4) is 0 Å². The molecule has 3 rings (SSSR count). The number of nitrogens with one attached hydrogen (secondary N) is 1. The molecule has 2 aromatic carbocycles. The van der Waals surface area contributed by atoms with Gasteiger partial charge in [-0.2, -0.15) is 4.31 Å². The lowest BCUT2D eigenvalue weighted by molar-refractivity contribution is 0.102. The van der Waals surface area contributed by atoms with Crippen LogP contribution in [0.1, 0.15) is 35.3 Å². The molecule has 1 heterocycles. The largest absolute Gasteiger partial charge is 0.322 e. The molecular formula is C22H29N3O3S. The monoisotopic (exact) mass is 415 g/mol. The highest BCUT2D eigenvalue weighted by atomic mass is 32.2. The van der Waals surface area contributed by atoms with Gasteiger partial charge in [0.1, 0.15) is 0 Å². The summed E-state index contributed by atoms with van der Waals surface area (Å²) in [5, 5.41) is 2.94. The van der Waals surface area contributed by atoms with Gasteiger partial charge in [0.15, 0.2) is 0 Å². The van der Waals surface area contributed by atoms with Gasteiger partial charge in [-0.15, -0.1) is 0 Å². The van der Waals surface area contributed by atoms with Crippen LogP contribution in [0.4, 0.5) is 5.69 Å². The van der Waals surface area contributed by atoms with Crippen molar-refractivity contribution in [2.45, 2.75) is 26.8 Å². The van der Waals surface area contributed by atoms with Crippen LogP contribution in [0.3, 0.4) is 0 Å². The summed E-state index contributed by atoms with van der Waals surface area (Å²) in [7, 11) is -3.12. The number of amides is 1. The number of aryl methyl sites for hydroxylation is 1. The first-order chi connectivity index (χ1) is 13.9. The first-order valence-corrected chi connectivity index (χ1v) is 11.7. The molecule has 1 aliphatic heterocycles. The molecule has 156 valence electrons. The second-order valence-corrected chi connectivity index (χ2v) is 9.54. The van der Waals surface area contributed by atoms with Crippen molar-refractivity contribution in [1.82, 2.24) is 9.21 Å². The summed E-state index contributed by atoms with van der Waals surface area (Å²) < 4.78 is 25.5. The van der Waals surface area contributed by atoms with Crippen molar-refractivity contribution in [1.29, 1.82) is 0 Å². The summed E-state index contributed by atoms with van der Waals surface area (Å²) in [6.45, 7) is 6.90. The average Bonchev–Trinajstić information content (AvgIpc) is 2.75. The highest BCUT2D eigenvalue weighted by Gasteiger charge is 2.25. The molecule has 0 saturated carbocycles. The van der Waals surface area contributed by atoms with E-state index in [2.05, 4.69) is 17.1 Å². The maximum absolute atomic E-state index is 12.6. The van der Waals surface area contributed by atoms with E-state index in [1.807, 2.05) is 48.5 Å². The highest BCUT2D eigenvalue weighted by molar-refractivity contribution is 7.89. The minimum Gasteiger partial charge on any atom is -0.322 e. The first kappa shape index (κ1) is 21.5. The van der Waals surface area contributed by atoms with Gasteiger partial charge in [0, 0.05) is 44.0 Å². The standard InChI is InChI=1S/C22H29N3O3S/c1-3-18-8-10-21(11-9-18)23-22(26)20-7-5-6-19(16-20)17-24-12-14-25(15-13-24)29(27,28)4-2/h5-11,16H,3-4,12-15,17H2,1-2H3,(H,23,26). The molecule has 29 heavy (non-hydrogen) atoms. The number of carbonyl (C=O) groups excluding carboxylic acids is 1. The normalized spacial score (nSPS) is 15.9. The molecule has 6 nitrogen and oxygen atoms in total. The summed E-state index contributed by atoms with van der Waals surface area (Å²) in [6.07, 6.45) is 0.967. The smallest absolute Gasteiger partial charge is 0.255 e. The predicted molar refractivity (Wildman–Crippen MR) is 117 cm³/mol. The van der Waals surface area contributed by atoms with Crippen LogP contribution in [-0.4, -0.2) is 55.5 Å². The average molecular weight is 416 g/mol. The molecule has 0 bridgehead atoms. The molecule has 0 radical (unpaired) electrons. The Balaban J connectivity index is 1.58. The molecule has 0 atom stereocenters. The van der Waals surface area contributed by atoms with E-state index >= 15 is 0 Å². The van der Waals surface area contributed by atoms with Crippen LogP contribution in [0.2, 0.25) is 0 Å². The van der Waals surface area contributed by atoms with Crippen molar-refractivity contribution < 1.29 is 13.2 Å². The Bertz CT molecular complexity index is 934. The van der Waals surface area contributed by atoms with Gasteiger partial charge in [0.05, 0.1) is 5.75 Å². The van der Waals surface area contributed by atoms with Crippen molar-refractivity contribution in [2.24, 2.45) is 0 Å². The molecule has 2 aromatic rings. The Morgan fingerprint density at radius 2 is 1.66 bits per heavy atom.